The van der Waals surface area contributed by atoms with Gasteiger partial charge in [-0.15, -0.1) is 0 Å². The molecular weight excluding hydrogens is 613 g/mol. The van der Waals surface area contributed by atoms with Crippen LogP contribution in [0.25, 0.3) is 0 Å². The number of sulfonamides is 1. The summed E-state index contributed by atoms with van der Waals surface area (Å²) in [6.07, 6.45) is 0.887. The van der Waals surface area contributed by atoms with Gasteiger partial charge in [0.2, 0.25) is 11.8 Å². The van der Waals surface area contributed by atoms with Gasteiger partial charge in [0.1, 0.15) is 18.4 Å². The van der Waals surface area contributed by atoms with Crippen molar-refractivity contribution in [2.75, 3.05) is 10.8 Å². The number of anilines is 1. The Morgan fingerprint density at radius 3 is 2.16 bits per heavy atom. The molecule has 0 saturated carbocycles. The molecule has 2 unspecified atom stereocenters. The van der Waals surface area contributed by atoms with Crippen molar-refractivity contribution >= 4 is 39.1 Å². The second kappa shape index (κ2) is 15.2. The molecule has 10 heteroatoms. The van der Waals surface area contributed by atoms with Crippen LogP contribution in [0, 0.1) is 12.7 Å². The summed E-state index contributed by atoms with van der Waals surface area (Å²) in [4.78, 5) is 29.7. The molecule has 45 heavy (non-hydrogen) atoms. The fourth-order valence-electron chi connectivity index (χ4n) is 4.89. The van der Waals surface area contributed by atoms with Gasteiger partial charge in [-0.2, -0.15) is 0 Å². The van der Waals surface area contributed by atoms with E-state index in [1.54, 1.807) is 18.2 Å². The quantitative estimate of drug-likeness (QED) is 0.178. The molecule has 4 rings (SSSR count). The van der Waals surface area contributed by atoms with Crippen molar-refractivity contribution in [3.05, 3.63) is 131 Å². The number of hydrogen-bond donors (Lipinski definition) is 1. The Kier molecular flexibility index (Phi) is 11.4. The van der Waals surface area contributed by atoms with E-state index in [1.807, 2.05) is 75.4 Å². The van der Waals surface area contributed by atoms with E-state index < -0.39 is 34.3 Å². The molecule has 2 amide bonds. The van der Waals surface area contributed by atoms with Crippen LogP contribution >= 0.6 is 11.6 Å². The van der Waals surface area contributed by atoms with Crippen molar-refractivity contribution in [3.63, 3.8) is 0 Å². The summed E-state index contributed by atoms with van der Waals surface area (Å²) in [5.41, 5.74) is 2.60. The van der Waals surface area contributed by atoms with E-state index in [2.05, 4.69) is 5.32 Å². The maximum atomic E-state index is 14.5. The maximum absolute atomic E-state index is 14.5. The normalized spacial score (nSPS) is 12.6. The molecule has 2 atom stereocenters. The molecule has 0 aliphatic heterocycles. The first-order chi connectivity index (χ1) is 21.5. The van der Waals surface area contributed by atoms with Crippen molar-refractivity contribution in [2.45, 2.75) is 57.1 Å². The lowest BCUT2D eigenvalue weighted by molar-refractivity contribution is -0.140. The zero-order valence-electron chi connectivity index (χ0n) is 25.5. The fourth-order valence-corrected chi connectivity index (χ4v) is 6.49. The third kappa shape index (κ3) is 8.71. The SMILES string of the molecule is CCC(C)NC(=O)C(Cc1ccccc1)N(Cc1cccc(C)c1)C(=O)CN(c1ccc(F)c(Cl)c1)S(=O)(=O)c1ccccc1. The number of hydrogen-bond acceptors (Lipinski definition) is 4. The molecule has 0 spiro atoms. The standard InChI is InChI=1S/C35H37ClFN3O4S/c1-4-26(3)38-35(42)33(21-27-13-7-5-8-14-27)39(23-28-15-11-12-25(2)20-28)34(41)24-40(29-18-19-32(37)31(36)22-29)45(43,44)30-16-9-6-10-17-30/h5-20,22,26,33H,4,21,23-24H2,1-3H3,(H,38,42). The Labute approximate surface area is 269 Å². The fraction of sp³-hybridized carbons (Fsp3) is 0.257. The molecule has 0 aliphatic rings. The highest BCUT2D eigenvalue weighted by Crippen LogP contribution is 2.28. The van der Waals surface area contributed by atoms with E-state index in [0.29, 0.717) is 6.42 Å². The smallest absolute Gasteiger partial charge is 0.264 e. The molecular formula is C35H37ClFN3O4S. The van der Waals surface area contributed by atoms with Crippen molar-refractivity contribution in [1.82, 2.24) is 10.2 Å². The Balaban J connectivity index is 1.82. The highest BCUT2D eigenvalue weighted by molar-refractivity contribution is 7.92. The molecule has 1 N–H and O–H groups in total. The number of halogens is 2. The monoisotopic (exact) mass is 649 g/mol. The predicted octanol–water partition coefficient (Wildman–Crippen LogP) is 6.54. The number of benzene rings is 4. The molecule has 0 aliphatic carbocycles. The van der Waals surface area contributed by atoms with Crippen LogP contribution in [0.4, 0.5) is 10.1 Å². The van der Waals surface area contributed by atoms with Gasteiger partial charge < -0.3 is 10.2 Å². The summed E-state index contributed by atoms with van der Waals surface area (Å²) < 4.78 is 43.1. The first-order valence-electron chi connectivity index (χ1n) is 14.7. The van der Waals surface area contributed by atoms with Gasteiger partial charge in [0.15, 0.2) is 0 Å². The molecule has 0 fully saturated rings. The van der Waals surface area contributed by atoms with Crippen molar-refractivity contribution in [2.24, 2.45) is 0 Å². The number of carbonyl (C=O) groups is 2. The minimum Gasteiger partial charge on any atom is -0.352 e. The maximum Gasteiger partial charge on any atom is 0.264 e. The number of aryl methyl sites for hydroxylation is 1. The van der Waals surface area contributed by atoms with E-state index in [-0.39, 0.29) is 40.5 Å². The van der Waals surface area contributed by atoms with Crippen LogP contribution in [-0.2, 0) is 32.6 Å². The van der Waals surface area contributed by atoms with Crippen LogP contribution in [0.3, 0.4) is 0 Å². The minimum absolute atomic E-state index is 0.0118. The van der Waals surface area contributed by atoms with Crippen molar-refractivity contribution in [1.29, 1.82) is 0 Å². The highest BCUT2D eigenvalue weighted by Gasteiger charge is 2.35. The van der Waals surface area contributed by atoms with Gasteiger partial charge in [-0.05, 0) is 61.7 Å². The Morgan fingerprint density at radius 2 is 1.53 bits per heavy atom. The van der Waals surface area contributed by atoms with Crippen LogP contribution in [0.5, 0.6) is 0 Å². The average molecular weight is 650 g/mol. The molecule has 4 aromatic rings. The first-order valence-corrected chi connectivity index (χ1v) is 16.5. The van der Waals surface area contributed by atoms with Gasteiger partial charge >= 0.3 is 0 Å². The van der Waals surface area contributed by atoms with Gasteiger partial charge in [-0.3, -0.25) is 13.9 Å². The van der Waals surface area contributed by atoms with Gasteiger partial charge in [0.05, 0.1) is 15.6 Å². The van der Waals surface area contributed by atoms with Crippen molar-refractivity contribution < 1.29 is 22.4 Å². The summed E-state index contributed by atoms with van der Waals surface area (Å²) in [5.74, 6) is -1.69. The lowest BCUT2D eigenvalue weighted by Crippen LogP contribution is -2.54. The first kappa shape index (κ1) is 33.7. The molecule has 7 nitrogen and oxygen atoms in total. The summed E-state index contributed by atoms with van der Waals surface area (Å²) in [7, 11) is -4.32. The second-order valence-electron chi connectivity index (χ2n) is 11.0. The lowest BCUT2D eigenvalue weighted by Gasteiger charge is -2.34. The third-order valence-corrected chi connectivity index (χ3v) is 9.59. The van der Waals surface area contributed by atoms with Crippen molar-refractivity contribution in [3.8, 4) is 0 Å². The highest BCUT2D eigenvalue weighted by atomic mass is 35.5. The van der Waals surface area contributed by atoms with E-state index in [9.17, 15) is 22.4 Å². The molecule has 0 bridgehead atoms. The van der Waals surface area contributed by atoms with Gasteiger partial charge in [-0.1, -0.05) is 96.9 Å². The minimum atomic E-state index is -4.32. The van der Waals surface area contributed by atoms with E-state index in [4.69, 9.17) is 11.6 Å². The number of nitrogens with zero attached hydrogens (tertiary/aromatic N) is 2. The topological polar surface area (TPSA) is 86.8 Å². The largest absolute Gasteiger partial charge is 0.352 e. The van der Waals surface area contributed by atoms with Gasteiger partial charge in [-0.25, -0.2) is 12.8 Å². The van der Waals surface area contributed by atoms with Gasteiger partial charge in [0, 0.05) is 19.0 Å². The Bertz CT molecular complexity index is 1720. The third-order valence-electron chi connectivity index (χ3n) is 7.51. The van der Waals surface area contributed by atoms with E-state index >= 15 is 0 Å². The molecule has 0 saturated heterocycles. The Morgan fingerprint density at radius 1 is 0.889 bits per heavy atom. The number of amides is 2. The zero-order valence-corrected chi connectivity index (χ0v) is 27.1. The molecule has 4 aromatic carbocycles. The number of carbonyl (C=O) groups excluding carboxylic acids is 2. The summed E-state index contributed by atoms with van der Waals surface area (Å²) >= 11 is 6.07. The predicted molar refractivity (Wildman–Crippen MR) is 176 cm³/mol. The van der Waals surface area contributed by atoms with Crippen LogP contribution in [0.2, 0.25) is 5.02 Å². The number of nitrogens with one attached hydrogen (secondary N) is 1. The van der Waals surface area contributed by atoms with Crippen LogP contribution in [-0.4, -0.2) is 43.8 Å². The van der Waals surface area contributed by atoms with Crippen LogP contribution in [0.15, 0.2) is 108 Å². The molecule has 0 radical (unpaired) electrons. The molecule has 0 heterocycles. The summed E-state index contributed by atoms with van der Waals surface area (Å²) in [6.45, 7) is 5.16. The van der Waals surface area contributed by atoms with E-state index in [0.717, 1.165) is 27.1 Å². The summed E-state index contributed by atoms with van der Waals surface area (Å²) in [6, 6.07) is 27.0. The van der Waals surface area contributed by atoms with Crippen LogP contribution < -0.4 is 9.62 Å². The molecule has 0 aromatic heterocycles. The Hall–Kier alpha value is -4.21. The molecule has 236 valence electrons. The number of rotatable bonds is 13. The van der Waals surface area contributed by atoms with Crippen LogP contribution in [0.1, 0.15) is 37.0 Å². The van der Waals surface area contributed by atoms with Gasteiger partial charge in [0.25, 0.3) is 10.0 Å². The summed E-state index contributed by atoms with van der Waals surface area (Å²) in [5, 5.41) is 2.72. The average Bonchev–Trinajstić information content (AvgIpc) is 3.03. The second-order valence-corrected chi connectivity index (χ2v) is 13.2. The zero-order chi connectivity index (χ0) is 32.6. The lowest BCUT2D eigenvalue weighted by atomic mass is 10.0. The van der Waals surface area contributed by atoms with E-state index in [1.165, 1.54) is 29.2 Å².